The molecule has 2 amide bonds. The fraction of sp³-hybridized carbons (Fsp3) is 0.167. The minimum atomic E-state index is -0.520. The molecule has 1 aromatic carbocycles. The van der Waals surface area contributed by atoms with E-state index in [1.807, 2.05) is 0 Å². The van der Waals surface area contributed by atoms with Crippen molar-refractivity contribution in [2.75, 3.05) is 14.2 Å². The zero-order chi connectivity index (χ0) is 18.0. The minimum absolute atomic E-state index is 0.105. The zero-order valence-electron chi connectivity index (χ0n) is 13.7. The van der Waals surface area contributed by atoms with Crippen molar-refractivity contribution in [1.29, 1.82) is 0 Å². The number of carbonyl (C=O) groups excluding carboxylic acids is 2. The third kappa shape index (κ3) is 3.08. The molecule has 0 saturated carbocycles. The minimum Gasteiger partial charge on any atom is -0.493 e. The molecule has 2 aromatic rings. The summed E-state index contributed by atoms with van der Waals surface area (Å²) in [4.78, 5) is 30.2. The van der Waals surface area contributed by atoms with Crippen molar-refractivity contribution in [3.8, 4) is 11.5 Å². The van der Waals surface area contributed by atoms with Gasteiger partial charge in [-0.1, -0.05) is 17.7 Å². The van der Waals surface area contributed by atoms with Crippen molar-refractivity contribution in [3.05, 3.63) is 58.9 Å². The fourth-order valence-electron chi connectivity index (χ4n) is 2.60. The summed E-state index contributed by atoms with van der Waals surface area (Å²) in [5, 5.41) is -0.105. The van der Waals surface area contributed by atoms with E-state index in [1.165, 1.54) is 14.2 Å². The standard InChI is InChI=1S/C18H15ClN2O4/c1-24-13-4-3-12(9-14(13)25-2)15-16(19)18(23)21(17(15)22)10-11-5-7-20-8-6-11/h3-9H,10H2,1-2H3. The van der Waals surface area contributed by atoms with E-state index >= 15 is 0 Å². The van der Waals surface area contributed by atoms with Crippen LogP contribution in [0.25, 0.3) is 5.57 Å². The number of methoxy groups -OCH3 is 2. The van der Waals surface area contributed by atoms with Crippen LogP contribution < -0.4 is 9.47 Å². The van der Waals surface area contributed by atoms with Crippen LogP contribution in [0.15, 0.2) is 47.8 Å². The Morgan fingerprint density at radius 2 is 1.68 bits per heavy atom. The predicted molar refractivity (Wildman–Crippen MR) is 92.1 cm³/mol. The molecule has 0 saturated heterocycles. The Morgan fingerprint density at radius 3 is 2.32 bits per heavy atom. The molecule has 1 aliphatic heterocycles. The Bertz CT molecular complexity index is 865. The van der Waals surface area contributed by atoms with Gasteiger partial charge < -0.3 is 9.47 Å². The molecule has 1 aromatic heterocycles. The summed E-state index contributed by atoms with van der Waals surface area (Å²) in [5.74, 6) is 0.00508. The summed E-state index contributed by atoms with van der Waals surface area (Å²) in [6, 6.07) is 8.43. The summed E-state index contributed by atoms with van der Waals surface area (Å²) in [7, 11) is 3.01. The maximum Gasteiger partial charge on any atom is 0.273 e. The number of carbonyl (C=O) groups is 2. The van der Waals surface area contributed by atoms with Crippen molar-refractivity contribution in [1.82, 2.24) is 9.88 Å². The average Bonchev–Trinajstić information content (AvgIpc) is 2.85. The SMILES string of the molecule is COc1ccc(C2=C(Cl)C(=O)N(Cc3ccncc3)C2=O)cc1OC. The van der Waals surface area contributed by atoms with E-state index in [-0.39, 0.29) is 17.2 Å². The topological polar surface area (TPSA) is 68.7 Å². The summed E-state index contributed by atoms with van der Waals surface area (Å²) in [6.07, 6.45) is 3.20. The molecule has 0 bridgehead atoms. The maximum absolute atomic E-state index is 12.8. The Balaban J connectivity index is 1.94. The van der Waals surface area contributed by atoms with E-state index in [4.69, 9.17) is 21.1 Å². The van der Waals surface area contributed by atoms with E-state index in [0.29, 0.717) is 17.1 Å². The van der Waals surface area contributed by atoms with Crippen LogP contribution >= 0.6 is 11.6 Å². The number of rotatable bonds is 5. The van der Waals surface area contributed by atoms with E-state index in [1.54, 1.807) is 42.7 Å². The van der Waals surface area contributed by atoms with Crippen molar-refractivity contribution < 1.29 is 19.1 Å². The zero-order valence-corrected chi connectivity index (χ0v) is 14.4. The fourth-order valence-corrected chi connectivity index (χ4v) is 2.89. The molecule has 3 rings (SSSR count). The third-order valence-corrected chi connectivity index (χ3v) is 4.22. The summed E-state index contributed by atoms with van der Waals surface area (Å²) in [5.41, 5.74) is 1.44. The number of aromatic nitrogens is 1. The van der Waals surface area contributed by atoms with Gasteiger partial charge in [0, 0.05) is 12.4 Å². The van der Waals surface area contributed by atoms with Gasteiger partial charge in [-0.3, -0.25) is 19.5 Å². The van der Waals surface area contributed by atoms with Crippen molar-refractivity contribution in [2.24, 2.45) is 0 Å². The molecule has 7 heteroatoms. The summed E-state index contributed by atoms with van der Waals surface area (Å²) in [6.45, 7) is 0.132. The second-order valence-corrected chi connectivity index (χ2v) is 5.69. The van der Waals surface area contributed by atoms with Gasteiger partial charge >= 0.3 is 0 Å². The molecule has 25 heavy (non-hydrogen) atoms. The first-order valence-corrected chi connectivity index (χ1v) is 7.82. The number of pyridine rings is 1. The van der Waals surface area contributed by atoms with Crippen LogP contribution in [0.1, 0.15) is 11.1 Å². The monoisotopic (exact) mass is 358 g/mol. The summed E-state index contributed by atoms with van der Waals surface area (Å²) < 4.78 is 10.4. The highest BCUT2D eigenvalue weighted by Gasteiger charge is 2.38. The van der Waals surface area contributed by atoms with Crippen LogP contribution in [-0.2, 0) is 16.1 Å². The molecule has 0 spiro atoms. The molecule has 0 aliphatic carbocycles. The molecule has 6 nitrogen and oxygen atoms in total. The molecular formula is C18H15ClN2O4. The van der Waals surface area contributed by atoms with Crippen molar-refractivity contribution >= 4 is 29.0 Å². The van der Waals surface area contributed by atoms with E-state index in [2.05, 4.69) is 4.98 Å². The lowest BCUT2D eigenvalue weighted by atomic mass is 10.1. The highest BCUT2D eigenvalue weighted by atomic mass is 35.5. The van der Waals surface area contributed by atoms with Gasteiger partial charge in [0.25, 0.3) is 11.8 Å². The molecule has 0 N–H and O–H groups in total. The van der Waals surface area contributed by atoms with Gasteiger partial charge in [-0.25, -0.2) is 0 Å². The molecule has 0 radical (unpaired) electrons. The first-order chi connectivity index (χ1) is 12.1. The van der Waals surface area contributed by atoms with Crippen LogP contribution in [0.3, 0.4) is 0 Å². The Hall–Kier alpha value is -2.86. The molecule has 0 unspecified atom stereocenters. The average molecular weight is 359 g/mol. The Kier molecular flexibility index (Phi) is 4.72. The van der Waals surface area contributed by atoms with Crippen LogP contribution in [0.2, 0.25) is 0 Å². The number of ether oxygens (including phenoxy) is 2. The lowest BCUT2D eigenvalue weighted by molar-refractivity contribution is -0.137. The van der Waals surface area contributed by atoms with Gasteiger partial charge in [-0.05, 0) is 35.4 Å². The molecule has 1 aliphatic rings. The van der Waals surface area contributed by atoms with Gasteiger partial charge in [0.05, 0.1) is 26.3 Å². The first-order valence-electron chi connectivity index (χ1n) is 7.44. The number of halogens is 1. The van der Waals surface area contributed by atoms with E-state index < -0.39 is 11.8 Å². The number of nitrogens with zero attached hydrogens (tertiary/aromatic N) is 2. The lowest BCUT2D eigenvalue weighted by Gasteiger charge is -2.15. The first kappa shape index (κ1) is 17.0. The smallest absolute Gasteiger partial charge is 0.273 e. The lowest BCUT2D eigenvalue weighted by Crippen LogP contribution is -2.30. The van der Waals surface area contributed by atoms with Crippen LogP contribution in [0.4, 0.5) is 0 Å². The van der Waals surface area contributed by atoms with Crippen LogP contribution in [0, 0.1) is 0 Å². The van der Waals surface area contributed by atoms with Crippen LogP contribution in [0.5, 0.6) is 11.5 Å². The molecule has 0 atom stereocenters. The van der Waals surface area contributed by atoms with E-state index in [0.717, 1.165) is 10.5 Å². The third-order valence-electron chi connectivity index (χ3n) is 3.87. The van der Waals surface area contributed by atoms with Crippen molar-refractivity contribution in [3.63, 3.8) is 0 Å². The summed E-state index contributed by atoms with van der Waals surface area (Å²) >= 11 is 6.17. The second-order valence-electron chi connectivity index (χ2n) is 5.31. The largest absolute Gasteiger partial charge is 0.493 e. The molecular weight excluding hydrogens is 344 g/mol. The van der Waals surface area contributed by atoms with Gasteiger partial charge in [0.2, 0.25) is 0 Å². The van der Waals surface area contributed by atoms with Gasteiger partial charge in [-0.2, -0.15) is 0 Å². The quantitative estimate of drug-likeness (QED) is 0.768. The van der Waals surface area contributed by atoms with Gasteiger partial charge in [0.15, 0.2) is 11.5 Å². The highest BCUT2D eigenvalue weighted by molar-refractivity contribution is 6.55. The van der Waals surface area contributed by atoms with Gasteiger partial charge in [-0.15, -0.1) is 0 Å². The predicted octanol–water partition coefficient (Wildman–Crippen LogP) is 2.62. The molecule has 2 heterocycles. The van der Waals surface area contributed by atoms with Crippen molar-refractivity contribution in [2.45, 2.75) is 6.54 Å². The van der Waals surface area contributed by atoms with Gasteiger partial charge in [0.1, 0.15) is 5.03 Å². The van der Waals surface area contributed by atoms with E-state index in [9.17, 15) is 9.59 Å². The maximum atomic E-state index is 12.8. The number of hydrogen-bond donors (Lipinski definition) is 0. The molecule has 0 fully saturated rings. The normalized spacial score (nSPS) is 14.3. The molecule has 128 valence electrons. The number of hydrogen-bond acceptors (Lipinski definition) is 5. The van der Waals surface area contributed by atoms with Crippen LogP contribution in [-0.4, -0.2) is 35.9 Å². The highest BCUT2D eigenvalue weighted by Crippen LogP contribution is 2.36. The number of imide groups is 1. The Labute approximate surface area is 149 Å². The second kappa shape index (κ2) is 6.94. The number of amides is 2. The number of benzene rings is 1. The Morgan fingerprint density at radius 1 is 1.00 bits per heavy atom.